The fourth-order valence-corrected chi connectivity index (χ4v) is 1.69. The van der Waals surface area contributed by atoms with E-state index in [0.29, 0.717) is 0 Å². The van der Waals surface area contributed by atoms with Crippen LogP contribution in [0.1, 0.15) is 39.5 Å². The zero-order valence-electron chi connectivity index (χ0n) is 9.86. The van der Waals surface area contributed by atoms with Gasteiger partial charge >= 0.3 is 0 Å². The van der Waals surface area contributed by atoms with Crippen LogP contribution in [0.5, 0.6) is 0 Å². The molecule has 0 atom stereocenters. The minimum absolute atomic E-state index is 0.827. The number of hydrogen-bond donors (Lipinski definition) is 0. The molecule has 0 unspecified atom stereocenters. The lowest BCUT2D eigenvalue weighted by Crippen LogP contribution is -2.68. The molecule has 5 nitrogen and oxygen atoms in total. The molecule has 0 saturated carbocycles. The Morgan fingerprint density at radius 1 is 1.06 bits per heavy atom. The Hall–Kier alpha value is -0.200. The van der Waals surface area contributed by atoms with Crippen molar-refractivity contribution in [3.8, 4) is 0 Å². The molecule has 0 bridgehead atoms. The smallest absolute Gasteiger partial charge is 0.142 e. The molecule has 0 aromatic carbocycles. The molecule has 1 fully saturated rings. The van der Waals surface area contributed by atoms with E-state index in [-0.39, 0.29) is 0 Å². The normalized spacial score (nSPS) is 16.1. The van der Waals surface area contributed by atoms with Crippen molar-refractivity contribution in [1.29, 1.82) is 0 Å². The quantitative estimate of drug-likeness (QED) is 0.522. The van der Waals surface area contributed by atoms with E-state index in [9.17, 15) is 0 Å². The van der Waals surface area contributed by atoms with Crippen LogP contribution in [0.3, 0.4) is 0 Å². The van der Waals surface area contributed by atoms with E-state index in [1.54, 1.807) is 0 Å². The third-order valence-corrected chi connectivity index (χ3v) is 2.61. The molecule has 0 radical (unpaired) electrons. The second-order valence-corrected chi connectivity index (χ2v) is 4.60. The first kappa shape index (κ1) is 15.8. The Bertz CT molecular complexity index is 197. The molecule has 0 aromatic rings. The summed E-state index contributed by atoms with van der Waals surface area (Å²) in [4.78, 5) is 0. The standard InChI is InChI=1S/C10H20N.ClHO4/c1-3-10(4-2)9-11-7-5-6-8-11;2-1(3,4)5/h9-10H,3-8H2,1-2H3;(H,2,3,4,5)/q+1;/p-1. The van der Waals surface area contributed by atoms with Crippen molar-refractivity contribution in [3.63, 3.8) is 0 Å². The van der Waals surface area contributed by atoms with Gasteiger partial charge in [0.15, 0.2) is 0 Å². The van der Waals surface area contributed by atoms with Crippen LogP contribution in [0, 0.1) is 16.2 Å². The Balaban J connectivity index is 0.000000385. The summed E-state index contributed by atoms with van der Waals surface area (Å²) in [5, 5.41) is 0. The van der Waals surface area contributed by atoms with Crippen LogP contribution in [0.2, 0.25) is 0 Å². The lowest BCUT2D eigenvalue weighted by Gasteiger charge is -2.17. The molecule has 0 amide bonds. The van der Waals surface area contributed by atoms with Crippen LogP contribution in [-0.4, -0.2) is 23.9 Å². The molecular weight excluding hydrogens is 234 g/mol. The molecule has 0 aliphatic carbocycles. The molecule has 1 heterocycles. The zero-order chi connectivity index (χ0) is 12.6. The Morgan fingerprint density at radius 2 is 1.44 bits per heavy atom. The van der Waals surface area contributed by atoms with Gasteiger partial charge in [0.25, 0.3) is 0 Å². The Labute approximate surface area is 98.8 Å². The highest BCUT2D eigenvalue weighted by atomic mass is 35.7. The first-order valence-corrected chi connectivity index (χ1v) is 6.81. The van der Waals surface area contributed by atoms with Crippen LogP contribution in [0.15, 0.2) is 0 Å². The minimum atomic E-state index is -4.94. The SMILES string of the molecule is CCC(C=[N+]1CCCC1)CC.[O-][Cl+3]([O-])([O-])[O-]. The summed E-state index contributed by atoms with van der Waals surface area (Å²) in [6, 6.07) is 0. The van der Waals surface area contributed by atoms with Crippen LogP contribution >= 0.6 is 0 Å². The lowest BCUT2D eigenvalue weighted by atomic mass is 10.1. The summed E-state index contributed by atoms with van der Waals surface area (Å²) in [5.74, 6) is 0.827. The maximum Gasteiger partial charge on any atom is 0.142 e. The highest BCUT2D eigenvalue weighted by molar-refractivity contribution is 5.54. The van der Waals surface area contributed by atoms with Crippen molar-refractivity contribution >= 4 is 6.21 Å². The van der Waals surface area contributed by atoms with Gasteiger partial charge in [-0.25, -0.2) is 23.2 Å². The molecule has 6 heteroatoms. The second kappa shape index (κ2) is 7.97. The molecule has 96 valence electrons. The van der Waals surface area contributed by atoms with Gasteiger partial charge in [-0.05, 0) is 12.8 Å². The van der Waals surface area contributed by atoms with Gasteiger partial charge in [-0.15, -0.1) is 10.2 Å². The maximum atomic E-state index is 8.49. The van der Waals surface area contributed by atoms with Gasteiger partial charge in [0.05, 0.1) is 0 Å². The maximum absolute atomic E-state index is 8.49. The van der Waals surface area contributed by atoms with E-state index in [4.69, 9.17) is 18.6 Å². The molecule has 0 N–H and O–H groups in total. The Kier molecular flexibility index (Phi) is 7.87. The van der Waals surface area contributed by atoms with E-state index in [2.05, 4.69) is 24.6 Å². The van der Waals surface area contributed by atoms with E-state index < -0.39 is 10.2 Å². The van der Waals surface area contributed by atoms with Crippen LogP contribution in [-0.2, 0) is 0 Å². The summed E-state index contributed by atoms with van der Waals surface area (Å²) >= 11 is 0. The van der Waals surface area contributed by atoms with Crippen LogP contribution in [0.25, 0.3) is 0 Å². The molecule has 16 heavy (non-hydrogen) atoms. The number of hydrogen-bond acceptors (Lipinski definition) is 4. The first-order valence-electron chi connectivity index (χ1n) is 5.57. The van der Waals surface area contributed by atoms with Gasteiger partial charge in [-0.2, -0.15) is 0 Å². The van der Waals surface area contributed by atoms with Gasteiger partial charge in [0.1, 0.15) is 19.3 Å². The van der Waals surface area contributed by atoms with Gasteiger partial charge in [0, 0.05) is 18.8 Å². The van der Waals surface area contributed by atoms with E-state index in [0.717, 1.165) is 5.92 Å². The van der Waals surface area contributed by atoms with E-state index in [1.165, 1.54) is 38.8 Å². The largest absolute Gasteiger partial charge is 0.239 e. The highest BCUT2D eigenvalue weighted by Gasteiger charge is 2.14. The second-order valence-electron chi connectivity index (χ2n) is 3.85. The average Bonchev–Trinajstić information content (AvgIpc) is 2.63. The van der Waals surface area contributed by atoms with E-state index in [1.807, 2.05) is 0 Å². The molecule has 1 rings (SSSR count). The molecule has 1 aliphatic heterocycles. The van der Waals surface area contributed by atoms with Crippen LogP contribution in [0.4, 0.5) is 0 Å². The van der Waals surface area contributed by atoms with Crippen molar-refractivity contribution in [2.75, 3.05) is 13.1 Å². The fraction of sp³-hybridized carbons (Fsp3) is 0.900. The van der Waals surface area contributed by atoms with Crippen molar-refractivity contribution < 1.29 is 33.5 Å². The number of rotatable bonds is 3. The molecule has 1 saturated heterocycles. The molecule has 1 aliphatic rings. The monoisotopic (exact) mass is 253 g/mol. The van der Waals surface area contributed by atoms with Gasteiger partial charge < -0.3 is 0 Å². The van der Waals surface area contributed by atoms with Crippen LogP contribution < -0.4 is 18.6 Å². The summed E-state index contributed by atoms with van der Waals surface area (Å²) < 4.78 is 36.5. The molecular formula is C10H20ClNO4. The number of nitrogens with zero attached hydrogens (tertiary/aromatic N) is 1. The third-order valence-electron chi connectivity index (χ3n) is 2.61. The summed E-state index contributed by atoms with van der Waals surface area (Å²) in [6.07, 6.45) is 7.85. The van der Waals surface area contributed by atoms with Crippen molar-refractivity contribution in [1.82, 2.24) is 0 Å². The first-order chi connectivity index (χ1) is 7.36. The summed E-state index contributed by atoms with van der Waals surface area (Å²) in [5.41, 5.74) is 0. The fourth-order valence-electron chi connectivity index (χ4n) is 1.69. The Morgan fingerprint density at radius 3 is 1.75 bits per heavy atom. The molecule has 0 aromatic heterocycles. The average molecular weight is 254 g/mol. The number of halogens is 1. The van der Waals surface area contributed by atoms with E-state index >= 15 is 0 Å². The van der Waals surface area contributed by atoms with Gasteiger partial charge in [-0.1, -0.05) is 13.8 Å². The predicted molar refractivity (Wildman–Crippen MR) is 49.4 cm³/mol. The minimum Gasteiger partial charge on any atom is -0.239 e. The van der Waals surface area contributed by atoms with Gasteiger partial charge in [-0.3, -0.25) is 0 Å². The third kappa shape index (κ3) is 10.3. The summed E-state index contributed by atoms with van der Waals surface area (Å²) in [6.45, 7) is 7.16. The molecule has 0 spiro atoms. The van der Waals surface area contributed by atoms with Crippen molar-refractivity contribution in [2.24, 2.45) is 5.92 Å². The topological polar surface area (TPSA) is 95.2 Å². The highest BCUT2D eigenvalue weighted by Crippen LogP contribution is 2.07. The van der Waals surface area contributed by atoms with Gasteiger partial charge in [0.2, 0.25) is 0 Å². The van der Waals surface area contributed by atoms with Crippen molar-refractivity contribution in [2.45, 2.75) is 39.5 Å². The zero-order valence-corrected chi connectivity index (χ0v) is 10.6. The lowest BCUT2D eigenvalue weighted by molar-refractivity contribution is -2.00. The van der Waals surface area contributed by atoms with Crippen molar-refractivity contribution in [3.05, 3.63) is 0 Å². The predicted octanol–water partition coefficient (Wildman–Crippen LogP) is -2.46. The summed E-state index contributed by atoms with van der Waals surface area (Å²) in [7, 11) is -4.94.